The second-order valence-electron chi connectivity index (χ2n) is 6.47. The van der Waals surface area contributed by atoms with Crippen LogP contribution in [0.3, 0.4) is 0 Å². The largest absolute Gasteiger partial charge is 0.480 e. The van der Waals surface area contributed by atoms with Crippen molar-refractivity contribution in [3.8, 4) is 0 Å². The molecule has 1 aromatic rings. The fraction of sp³-hybridized carbons (Fsp3) is 0.471. The number of carbonyl (C=O) groups excluding carboxylic acids is 1. The fourth-order valence-corrected chi connectivity index (χ4v) is 3.44. The van der Waals surface area contributed by atoms with Gasteiger partial charge in [0.25, 0.3) is 0 Å². The van der Waals surface area contributed by atoms with Gasteiger partial charge in [0.05, 0.1) is 6.61 Å². The van der Waals surface area contributed by atoms with E-state index in [1.807, 2.05) is 30.3 Å². The van der Waals surface area contributed by atoms with E-state index in [9.17, 15) is 19.5 Å². The maximum absolute atomic E-state index is 11.7. The minimum atomic E-state index is -1.24. The molecule has 1 saturated heterocycles. The minimum Gasteiger partial charge on any atom is -0.480 e. The van der Waals surface area contributed by atoms with Crippen molar-refractivity contribution in [3.63, 3.8) is 0 Å². The summed E-state index contributed by atoms with van der Waals surface area (Å²) in [5, 5.41) is 18.3. The van der Waals surface area contributed by atoms with Crippen molar-refractivity contribution < 1.29 is 34.1 Å². The first-order valence-corrected chi connectivity index (χ1v) is 7.94. The number of rotatable bonds is 7. The zero-order chi connectivity index (χ0) is 18.0. The molecule has 1 amide bonds. The highest BCUT2D eigenvalue weighted by Gasteiger charge is 2.67. The second kappa shape index (κ2) is 6.72. The first-order valence-electron chi connectivity index (χ1n) is 7.94. The molecule has 2 N–H and O–H groups in total. The molecule has 1 aliphatic carbocycles. The summed E-state index contributed by atoms with van der Waals surface area (Å²) in [4.78, 5) is 35.1. The molecule has 0 spiro atoms. The molecule has 2 fully saturated rings. The smallest absolute Gasteiger partial charge is 0.408 e. The lowest BCUT2D eigenvalue weighted by Gasteiger charge is -2.20. The second-order valence-corrected chi connectivity index (χ2v) is 6.47. The highest BCUT2D eigenvalue weighted by Crippen LogP contribution is 2.59. The highest BCUT2D eigenvalue weighted by atomic mass is 16.6. The Morgan fingerprint density at radius 1 is 1.16 bits per heavy atom. The van der Waals surface area contributed by atoms with Crippen LogP contribution in [0.4, 0.5) is 4.79 Å². The highest BCUT2D eigenvalue weighted by molar-refractivity contribution is 5.81. The summed E-state index contributed by atoms with van der Waals surface area (Å²) in [6, 6.07) is 7.83. The molecular formula is C17H19NO7. The number of carbonyl (C=O) groups is 3. The number of hydrogen-bond donors (Lipinski definition) is 2. The summed E-state index contributed by atoms with van der Waals surface area (Å²) in [6.45, 7) is 0.0580. The number of carboxylic acid groups (broad SMARTS) is 2. The van der Waals surface area contributed by atoms with Crippen LogP contribution in [0, 0.1) is 5.41 Å². The van der Waals surface area contributed by atoms with E-state index < -0.39 is 29.5 Å². The third kappa shape index (κ3) is 3.58. The average Bonchev–Trinajstić information content (AvgIpc) is 3.17. The lowest BCUT2D eigenvalue weighted by molar-refractivity contribution is -0.151. The van der Waals surface area contributed by atoms with Gasteiger partial charge in [0.15, 0.2) is 0 Å². The number of benzene rings is 1. The number of piperidine rings is 1. The molecule has 1 aromatic carbocycles. The van der Waals surface area contributed by atoms with Crippen molar-refractivity contribution >= 4 is 18.0 Å². The standard InChI is InChI=1S/C17H19NO7/c19-14(25-8-11-4-2-1-3-5-11)9-24-10-17-6-12(15(20)21)18(16(22)23)13(17)7-17/h1-5,12-13H,6-10H2,(H,20,21)(H,22,23)/t12-,13-,17+/m0/s1. The van der Waals surface area contributed by atoms with Crippen LogP contribution in [0.25, 0.3) is 0 Å². The number of esters is 1. The van der Waals surface area contributed by atoms with Gasteiger partial charge >= 0.3 is 18.0 Å². The summed E-state index contributed by atoms with van der Waals surface area (Å²) in [6.07, 6.45) is -0.473. The molecule has 0 unspecified atom stereocenters. The van der Waals surface area contributed by atoms with Gasteiger partial charge in [-0.2, -0.15) is 0 Å². The molecule has 1 aliphatic heterocycles. The summed E-state index contributed by atoms with van der Waals surface area (Å²) in [7, 11) is 0. The van der Waals surface area contributed by atoms with Crippen molar-refractivity contribution in [2.45, 2.75) is 31.5 Å². The molecule has 2 aliphatic rings. The molecule has 8 nitrogen and oxygen atoms in total. The van der Waals surface area contributed by atoms with Crippen LogP contribution in [0.1, 0.15) is 18.4 Å². The predicted octanol–water partition coefficient (Wildman–Crippen LogP) is 1.34. The number of fused-ring (bicyclic) bond motifs is 1. The summed E-state index contributed by atoms with van der Waals surface area (Å²) in [5.41, 5.74) is 0.370. The Morgan fingerprint density at radius 2 is 1.88 bits per heavy atom. The molecule has 3 rings (SSSR count). The molecule has 1 heterocycles. The van der Waals surface area contributed by atoms with E-state index in [1.165, 1.54) is 0 Å². The van der Waals surface area contributed by atoms with Crippen LogP contribution in [0.2, 0.25) is 0 Å². The quantitative estimate of drug-likeness (QED) is 0.714. The van der Waals surface area contributed by atoms with Gasteiger partial charge in [-0.1, -0.05) is 30.3 Å². The molecule has 25 heavy (non-hydrogen) atoms. The topological polar surface area (TPSA) is 113 Å². The molecule has 1 saturated carbocycles. The third-order valence-electron chi connectivity index (χ3n) is 4.78. The van der Waals surface area contributed by atoms with Gasteiger partial charge in [-0.15, -0.1) is 0 Å². The van der Waals surface area contributed by atoms with Gasteiger partial charge in [-0.05, 0) is 18.4 Å². The zero-order valence-electron chi connectivity index (χ0n) is 13.5. The summed E-state index contributed by atoms with van der Waals surface area (Å²) in [5.74, 6) is -1.67. The van der Waals surface area contributed by atoms with E-state index in [4.69, 9.17) is 14.6 Å². The lowest BCUT2D eigenvalue weighted by Crippen LogP contribution is -2.42. The van der Waals surface area contributed by atoms with E-state index in [0.29, 0.717) is 6.42 Å². The molecule has 0 bridgehead atoms. The molecule has 134 valence electrons. The van der Waals surface area contributed by atoms with E-state index >= 15 is 0 Å². The number of nitrogens with zero attached hydrogens (tertiary/aromatic N) is 1. The van der Waals surface area contributed by atoms with Crippen LogP contribution in [-0.4, -0.2) is 58.4 Å². The van der Waals surface area contributed by atoms with E-state index in [2.05, 4.69) is 0 Å². The van der Waals surface area contributed by atoms with E-state index in [0.717, 1.165) is 10.5 Å². The Bertz CT molecular complexity index is 677. The maximum atomic E-state index is 11.7. The van der Waals surface area contributed by atoms with Gasteiger partial charge in [0.2, 0.25) is 0 Å². The molecule has 0 radical (unpaired) electrons. The van der Waals surface area contributed by atoms with Gasteiger partial charge in [0, 0.05) is 11.5 Å². The van der Waals surface area contributed by atoms with Crippen molar-refractivity contribution in [1.82, 2.24) is 4.90 Å². The Hall–Kier alpha value is -2.61. The van der Waals surface area contributed by atoms with Gasteiger partial charge in [-0.3, -0.25) is 4.90 Å². The number of hydrogen-bond acceptors (Lipinski definition) is 5. The van der Waals surface area contributed by atoms with Crippen LogP contribution >= 0.6 is 0 Å². The number of ether oxygens (including phenoxy) is 2. The van der Waals surface area contributed by atoms with Crippen LogP contribution in [-0.2, 0) is 25.7 Å². The Kier molecular flexibility index (Phi) is 4.63. The number of likely N-dealkylation sites (tertiary alicyclic amines) is 1. The fourth-order valence-electron chi connectivity index (χ4n) is 3.44. The zero-order valence-corrected chi connectivity index (χ0v) is 13.5. The van der Waals surface area contributed by atoms with Crippen molar-refractivity contribution in [3.05, 3.63) is 35.9 Å². The average molecular weight is 349 g/mol. The molecule has 8 heteroatoms. The Labute approximate surface area is 143 Å². The van der Waals surface area contributed by atoms with Crippen LogP contribution in [0.5, 0.6) is 0 Å². The van der Waals surface area contributed by atoms with E-state index in [-0.39, 0.29) is 32.3 Å². The third-order valence-corrected chi connectivity index (χ3v) is 4.78. The van der Waals surface area contributed by atoms with Crippen molar-refractivity contribution in [2.75, 3.05) is 13.2 Å². The molecule has 3 atom stereocenters. The van der Waals surface area contributed by atoms with Gasteiger partial charge < -0.3 is 19.7 Å². The SMILES string of the molecule is O=C(COC[C@@]12C[C@@H]1N(C(=O)O)[C@H](C(=O)O)C2)OCc1ccccc1. The number of amides is 1. The van der Waals surface area contributed by atoms with Gasteiger partial charge in [-0.25, -0.2) is 14.4 Å². The predicted molar refractivity (Wildman–Crippen MR) is 83.8 cm³/mol. The van der Waals surface area contributed by atoms with Crippen LogP contribution < -0.4 is 0 Å². The van der Waals surface area contributed by atoms with E-state index in [1.54, 1.807) is 0 Å². The summed E-state index contributed by atoms with van der Waals surface area (Å²) >= 11 is 0. The van der Waals surface area contributed by atoms with Crippen molar-refractivity contribution in [1.29, 1.82) is 0 Å². The molecular weight excluding hydrogens is 330 g/mol. The van der Waals surface area contributed by atoms with Crippen molar-refractivity contribution in [2.24, 2.45) is 5.41 Å². The maximum Gasteiger partial charge on any atom is 0.408 e. The first-order chi connectivity index (χ1) is 11.9. The van der Waals surface area contributed by atoms with Crippen LogP contribution in [0.15, 0.2) is 30.3 Å². The lowest BCUT2D eigenvalue weighted by atomic mass is 10.0. The number of aliphatic carboxylic acids is 1. The number of carboxylic acids is 1. The minimum absolute atomic E-state index is 0.145. The summed E-state index contributed by atoms with van der Waals surface area (Å²) < 4.78 is 10.5. The Balaban J connectivity index is 1.44. The first kappa shape index (κ1) is 17.2. The van der Waals surface area contributed by atoms with Gasteiger partial charge in [0.1, 0.15) is 19.3 Å². The normalized spacial score (nSPS) is 26.8. The molecule has 0 aromatic heterocycles. The Morgan fingerprint density at radius 3 is 2.48 bits per heavy atom. The monoisotopic (exact) mass is 349 g/mol.